The van der Waals surface area contributed by atoms with Crippen molar-refractivity contribution in [2.45, 2.75) is 158 Å². The molecule has 1 aliphatic heterocycles. The number of carboxylic acids is 1. The summed E-state index contributed by atoms with van der Waals surface area (Å²) < 4.78 is 131. The molecule has 0 radical (unpaired) electrons. The van der Waals surface area contributed by atoms with E-state index in [0.717, 1.165) is 10.3 Å². The van der Waals surface area contributed by atoms with Gasteiger partial charge in [-0.25, -0.2) is 28.3 Å². The molecule has 4 aliphatic carbocycles. The molecule has 7 rings (SSSR count). The molecule has 6 atom stereocenters. The molecule has 1 aromatic heterocycles. The van der Waals surface area contributed by atoms with E-state index in [9.17, 15) is 63.5 Å². The minimum absolute atomic E-state index is 0.108. The zero-order valence-electron chi connectivity index (χ0n) is 40.3. The number of fused-ring (bicyclic) bond motifs is 1. The van der Waals surface area contributed by atoms with E-state index in [1.165, 1.54) is 13.3 Å². The maximum absolute atomic E-state index is 14.3. The number of hydrogen-bond donors (Lipinski definition) is 5. The van der Waals surface area contributed by atoms with Gasteiger partial charge in [0, 0.05) is 18.0 Å². The minimum atomic E-state index is -4.89. The molecule has 2 heterocycles. The fraction of sp³-hybridized carbons (Fsp3) is 0.667. The van der Waals surface area contributed by atoms with E-state index in [1.54, 1.807) is 38.1 Å². The van der Waals surface area contributed by atoms with Crippen LogP contribution in [0, 0.1) is 17.8 Å². The first-order valence-electron chi connectivity index (χ1n) is 23.1. The molecular weight excluding hydrogens is 995 g/mol. The number of alkyl halides is 6. The second-order valence-electron chi connectivity index (χ2n) is 19.9. The third-order valence-corrected chi connectivity index (χ3v) is 14.3. The second kappa shape index (κ2) is 20.2. The fourth-order valence-electron chi connectivity index (χ4n) is 7.94. The van der Waals surface area contributed by atoms with Crippen LogP contribution in [-0.2, 0) is 43.1 Å². The van der Waals surface area contributed by atoms with Crippen LogP contribution in [0.5, 0.6) is 11.6 Å². The van der Waals surface area contributed by atoms with Gasteiger partial charge in [-0.15, -0.1) is 0 Å². The quantitative estimate of drug-likeness (QED) is 0.114. The van der Waals surface area contributed by atoms with Gasteiger partial charge >= 0.3 is 40.8 Å². The molecule has 4 saturated carbocycles. The Morgan fingerprint density at radius 1 is 0.875 bits per heavy atom. The van der Waals surface area contributed by atoms with Crippen LogP contribution < -0.4 is 30.1 Å². The molecule has 5 aliphatic rings. The van der Waals surface area contributed by atoms with Crippen LogP contribution in [0.1, 0.15) is 99.3 Å². The lowest BCUT2D eigenvalue weighted by molar-refractivity contribution is -0.244. The molecule has 5 N–H and O–H groups in total. The van der Waals surface area contributed by atoms with Crippen molar-refractivity contribution >= 4 is 57.0 Å². The first kappa shape index (κ1) is 55.5. The Morgan fingerprint density at radius 2 is 1.43 bits per heavy atom. The van der Waals surface area contributed by atoms with Gasteiger partial charge in [-0.3, -0.25) is 14.4 Å². The number of pyridine rings is 1. The molecular formula is C45H58F6N6O14S. The van der Waals surface area contributed by atoms with Crippen LogP contribution in [0.3, 0.4) is 0 Å². The van der Waals surface area contributed by atoms with Crippen molar-refractivity contribution in [3.05, 3.63) is 30.5 Å². The van der Waals surface area contributed by atoms with Gasteiger partial charge in [0.15, 0.2) is 0 Å². The Morgan fingerprint density at radius 3 is 1.92 bits per heavy atom. The van der Waals surface area contributed by atoms with Gasteiger partial charge in [-0.2, -0.15) is 34.8 Å². The Labute approximate surface area is 410 Å². The summed E-state index contributed by atoms with van der Waals surface area (Å²) in [7, 11) is -2.99. The predicted octanol–water partition coefficient (Wildman–Crippen LogP) is 5.57. The van der Waals surface area contributed by atoms with Gasteiger partial charge in [0.1, 0.15) is 35.5 Å². The summed E-state index contributed by atoms with van der Waals surface area (Å²) >= 11 is 0. The number of amides is 5. The lowest BCUT2D eigenvalue weighted by Gasteiger charge is -2.31. The molecule has 400 valence electrons. The van der Waals surface area contributed by atoms with Gasteiger partial charge in [0.2, 0.25) is 28.9 Å². The molecule has 0 bridgehead atoms. The van der Waals surface area contributed by atoms with Gasteiger partial charge in [0.25, 0.3) is 5.91 Å². The van der Waals surface area contributed by atoms with E-state index in [1.807, 2.05) is 10.0 Å². The molecule has 0 unspecified atom stereocenters. The van der Waals surface area contributed by atoms with Crippen LogP contribution in [-0.4, -0.2) is 132 Å². The van der Waals surface area contributed by atoms with Crippen LogP contribution in [0.4, 0.5) is 35.9 Å². The number of aliphatic carboxylic acids is 1. The summed E-state index contributed by atoms with van der Waals surface area (Å²) in [6.07, 6.45) is -8.18. The molecule has 20 nitrogen and oxygen atoms in total. The lowest BCUT2D eigenvalue weighted by Crippen LogP contribution is -2.59. The number of aromatic nitrogens is 1. The van der Waals surface area contributed by atoms with Crippen molar-refractivity contribution < 1.29 is 91.8 Å². The highest BCUT2D eigenvalue weighted by Gasteiger charge is 2.62. The molecule has 72 heavy (non-hydrogen) atoms. The number of methoxy groups -OCH3 is 1. The predicted molar refractivity (Wildman–Crippen MR) is 238 cm³/mol. The van der Waals surface area contributed by atoms with E-state index in [-0.39, 0.29) is 31.2 Å². The number of halogens is 6. The standard InChI is InChI=1S/C35H44F3N5O10S.C10H14F3NO4/c1-6-21-17-34(21,30(46)42-54(48,49)53-33(4)12-13-33)41-27(44)25-16-23(51-28-24-10-9-22(50-5)15-20(24)11-14-39-28)18-43(25)29(45)26(19-7-8-19)40-31(47)52-32(2,3)35(36,37)38;1-9(2,10(11,12)13)18-8(17)14-6(7(15)16)5-3-4-5/h9-11,14-15,19,21,23,25-26H,6-8,12-13,16-18H2,1-5H3,(H,40,47)(H,41,44)(H,42,46);5-6H,3-4H2,1-2H3,(H,14,17)(H,15,16)/t21-,23-,25+,26+,34-;6-/m10/s1. The topological polar surface area (TPSA) is 267 Å². The number of nitrogens with zero attached hydrogens (tertiary/aromatic N) is 2. The first-order chi connectivity index (χ1) is 33.2. The number of benzene rings is 1. The number of carbonyl (C=O) groups excluding carboxylic acids is 5. The number of ether oxygens (including phenoxy) is 4. The number of likely N-dealkylation sites (tertiary alicyclic amines) is 1. The minimum Gasteiger partial charge on any atom is -0.497 e. The first-order valence-corrected chi connectivity index (χ1v) is 24.5. The van der Waals surface area contributed by atoms with Gasteiger partial charge < -0.3 is 44.9 Å². The van der Waals surface area contributed by atoms with Crippen LogP contribution in [0.2, 0.25) is 0 Å². The molecule has 0 spiro atoms. The van der Waals surface area contributed by atoms with E-state index >= 15 is 0 Å². The van der Waals surface area contributed by atoms with Crippen molar-refractivity contribution in [3.63, 3.8) is 0 Å². The van der Waals surface area contributed by atoms with E-state index in [0.29, 0.717) is 83.8 Å². The summed E-state index contributed by atoms with van der Waals surface area (Å²) in [5.41, 5.74) is -8.06. The number of nitrogens with one attached hydrogen (secondary N) is 4. The zero-order chi connectivity index (χ0) is 53.6. The number of carboxylic acid groups (broad SMARTS) is 1. The van der Waals surface area contributed by atoms with Crippen LogP contribution >= 0.6 is 0 Å². The molecule has 5 fully saturated rings. The summed E-state index contributed by atoms with van der Waals surface area (Å²) in [4.78, 5) is 82.3. The summed E-state index contributed by atoms with van der Waals surface area (Å²) in [6.45, 7) is 5.91. The summed E-state index contributed by atoms with van der Waals surface area (Å²) in [5, 5.41) is 17.1. The van der Waals surface area contributed by atoms with Crippen LogP contribution in [0.25, 0.3) is 10.8 Å². The highest BCUT2D eigenvalue weighted by Crippen LogP contribution is 2.47. The van der Waals surface area contributed by atoms with Gasteiger partial charge in [-0.1, -0.05) is 13.3 Å². The molecule has 1 aromatic carbocycles. The molecule has 5 amide bonds. The Balaban J connectivity index is 0.000000397. The van der Waals surface area contributed by atoms with Gasteiger partial charge in [-0.05, 0) is 127 Å². The maximum atomic E-state index is 14.3. The number of alkyl carbamates (subject to hydrolysis) is 2. The zero-order valence-corrected chi connectivity index (χ0v) is 41.1. The average molecular weight is 1050 g/mol. The van der Waals surface area contributed by atoms with Crippen molar-refractivity contribution in [2.24, 2.45) is 17.8 Å². The third-order valence-electron chi connectivity index (χ3n) is 13.2. The SMILES string of the molecule is CC(C)(OC(=O)N[C@H](C(=O)O)C1CC1)C(F)(F)F.CC[C@@H]1C[C@]1(NC(=O)[C@@H]1C[C@@H](Oc2nccc3cc(OC)ccc23)CN1C(=O)[C@@H](NC(=O)OC(C)(C)C(F)(F)F)C1CC1)C(=O)NS(=O)(=O)OC1(C)CC1. The summed E-state index contributed by atoms with van der Waals surface area (Å²) in [5.74, 6) is -4.15. The largest absolute Gasteiger partial charge is 0.497 e. The van der Waals surface area contributed by atoms with E-state index in [2.05, 4.69) is 25.1 Å². The third kappa shape index (κ3) is 13.2. The Hall–Kier alpha value is -5.86. The van der Waals surface area contributed by atoms with Crippen LogP contribution in [0.15, 0.2) is 30.5 Å². The smallest absolute Gasteiger partial charge is 0.427 e. The highest BCUT2D eigenvalue weighted by molar-refractivity contribution is 7.85. The lowest BCUT2D eigenvalue weighted by atomic mass is 10.1. The Kier molecular flexibility index (Phi) is 15.6. The monoisotopic (exact) mass is 1050 g/mol. The normalized spacial score (nSPS) is 23.5. The number of carbonyl (C=O) groups is 6. The number of rotatable bonds is 18. The highest BCUT2D eigenvalue weighted by atomic mass is 32.2. The summed E-state index contributed by atoms with van der Waals surface area (Å²) in [6, 6.07) is 3.13. The number of hydrogen-bond acceptors (Lipinski definition) is 14. The molecule has 2 aromatic rings. The van der Waals surface area contributed by atoms with Gasteiger partial charge in [0.05, 0.1) is 19.3 Å². The van der Waals surface area contributed by atoms with E-state index < -0.39 is 117 Å². The van der Waals surface area contributed by atoms with Crippen molar-refractivity contribution in [1.29, 1.82) is 0 Å². The van der Waals surface area contributed by atoms with Crippen molar-refractivity contribution in [2.75, 3.05) is 13.7 Å². The molecule has 1 saturated heterocycles. The maximum Gasteiger partial charge on any atom is 0.427 e. The van der Waals surface area contributed by atoms with E-state index in [4.69, 9.17) is 18.8 Å². The van der Waals surface area contributed by atoms with Crippen molar-refractivity contribution in [1.82, 2.24) is 30.6 Å². The second-order valence-corrected chi connectivity index (χ2v) is 21.2. The van der Waals surface area contributed by atoms with Crippen molar-refractivity contribution in [3.8, 4) is 11.6 Å². The molecule has 27 heteroatoms. The fourth-order valence-corrected chi connectivity index (χ4v) is 9.08. The Bertz CT molecular complexity index is 2540. The average Bonchev–Trinajstić information content (AvgIpc) is 4.06.